The second-order valence-electron chi connectivity index (χ2n) is 6.62. The van der Waals surface area contributed by atoms with Crippen LogP contribution >= 0.6 is 23.2 Å². The molecule has 31 heavy (non-hydrogen) atoms. The second-order valence-corrected chi connectivity index (χ2v) is 7.37. The van der Waals surface area contributed by atoms with Crippen molar-refractivity contribution in [1.29, 1.82) is 0 Å². The molecule has 3 rings (SSSR count). The summed E-state index contributed by atoms with van der Waals surface area (Å²) in [5.41, 5.74) is 2.19. The normalized spacial score (nSPS) is 11.3. The summed E-state index contributed by atoms with van der Waals surface area (Å²) in [4.78, 5) is 22.0. The van der Waals surface area contributed by atoms with Crippen LogP contribution in [0.15, 0.2) is 54.7 Å². The number of alkyl halides is 3. The van der Waals surface area contributed by atoms with E-state index in [1.54, 1.807) is 24.1 Å². The fourth-order valence-electron chi connectivity index (χ4n) is 2.86. The Labute approximate surface area is 186 Å². The molecule has 0 unspecified atom stereocenters. The highest BCUT2D eigenvalue weighted by Crippen LogP contribution is 2.29. The first-order valence-electron chi connectivity index (χ1n) is 8.98. The van der Waals surface area contributed by atoms with Gasteiger partial charge < -0.3 is 9.64 Å². The molecule has 0 saturated heterocycles. The Kier molecular flexibility index (Phi) is 7.02. The molecule has 3 aromatic rings. The predicted octanol–water partition coefficient (Wildman–Crippen LogP) is 5.80. The zero-order chi connectivity index (χ0) is 22.6. The fraction of sp³-hybridized carbons (Fsp3) is 0.190. The highest BCUT2D eigenvalue weighted by atomic mass is 35.5. The van der Waals surface area contributed by atoms with Crippen molar-refractivity contribution in [2.75, 3.05) is 11.9 Å². The van der Waals surface area contributed by atoms with Gasteiger partial charge in [-0.2, -0.15) is 4.98 Å². The summed E-state index contributed by atoms with van der Waals surface area (Å²) in [6.45, 7) is 0. The minimum absolute atomic E-state index is 0.0729. The van der Waals surface area contributed by atoms with E-state index < -0.39 is 6.36 Å². The Morgan fingerprint density at radius 1 is 1.00 bits per heavy atom. The minimum atomic E-state index is -4.75. The van der Waals surface area contributed by atoms with Gasteiger partial charge in [-0.15, -0.1) is 13.2 Å². The second kappa shape index (κ2) is 9.53. The molecule has 0 saturated carbocycles. The van der Waals surface area contributed by atoms with Crippen molar-refractivity contribution in [1.82, 2.24) is 9.97 Å². The lowest BCUT2D eigenvalue weighted by Crippen LogP contribution is -2.17. The van der Waals surface area contributed by atoms with Crippen LogP contribution in [0.25, 0.3) is 0 Å². The van der Waals surface area contributed by atoms with Crippen molar-refractivity contribution in [3.05, 3.63) is 76.2 Å². The molecule has 0 bridgehead atoms. The van der Waals surface area contributed by atoms with E-state index in [1.165, 1.54) is 30.5 Å². The largest absolute Gasteiger partial charge is 0.573 e. The summed E-state index contributed by atoms with van der Waals surface area (Å²) in [5.74, 6) is 0.0492. The van der Waals surface area contributed by atoms with Crippen molar-refractivity contribution in [2.24, 2.45) is 0 Å². The molecule has 5 nitrogen and oxygen atoms in total. The lowest BCUT2D eigenvalue weighted by atomic mass is 10.0. The van der Waals surface area contributed by atoms with E-state index in [1.807, 2.05) is 12.1 Å². The van der Waals surface area contributed by atoms with Gasteiger partial charge in [-0.1, -0.05) is 35.9 Å². The van der Waals surface area contributed by atoms with Crippen molar-refractivity contribution < 1.29 is 22.7 Å². The number of nitrogens with zero attached hydrogens (tertiary/aromatic N) is 3. The minimum Gasteiger partial charge on any atom is -0.406 e. The average molecular weight is 470 g/mol. The van der Waals surface area contributed by atoms with Gasteiger partial charge in [0.05, 0.1) is 6.20 Å². The van der Waals surface area contributed by atoms with Gasteiger partial charge in [-0.3, -0.25) is 4.79 Å². The lowest BCUT2D eigenvalue weighted by molar-refractivity contribution is -0.274. The summed E-state index contributed by atoms with van der Waals surface area (Å²) in [6.07, 6.45) is -3.05. The molecule has 0 spiro atoms. The molecule has 0 N–H and O–H groups in total. The highest BCUT2D eigenvalue weighted by Gasteiger charge is 2.30. The number of benzene rings is 2. The van der Waals surface area contributed by atoms with Crippen LogP contribution in [-0.2, 0) is 17.6 Å². The van der Waals surface area contributed by atoms with Gasteiger partial charge in [0.1, 0.15) is 16.6 Å². The van der Waals surface area contributed by atoms with E-state index in [2.05, 4.69) is 14.7 Å². The Balaban J connectivity index is 1.60. The number of carbonyl (C=O) groups is 1. The number of ketones is 1. The maximum atomic E-state index is 12.3. The Morgan fingerprint density at radius 2 is 1.55 bits per heavy atom. The molecule has 0 atom stereocenters. The van der Waals surface area contributed by atoms with Crippen molar-refractivity contribution in [3.8, 4) is 5.75 Å². The first-order valence-corrected chi connectivity index (χ1v) is 9.73. The van der Waals surface area contributed by atoms with E-state index >= 15 is 0 Å². The van der Waals surface area contributed by atoms with Gasteiger partial charge >= 0.3 is 6.36 Å². The molecule has 10 heteroatoms. The molecular formula is C21H16Cl2F3N3O2. The molecular weight excluding hydrogens is 454 g/mol. The van der Waals surface area contributed by atoms with Crippen molar-refractivity contribution >= 4 is 40.5 Å². The van der Waals surface area contributed by atoms with Crippen LogP contribution in [0.2, 0.25) is 10.3 Å². The average Bonchev–Trinajstić information content (AvgIpc) is 2.70. The highest BCUT2D eigenvalue weighted by molar-refractivity contribution is 6.33. The van der Waals surface area contributed by atoms with Gasteiger partial charge in [-0.05, 0) is 47.0 Å². The van der Waals surface area contributed by atoms with E-state index in [-0.39, 0.29) is 29.7 Å². The standard InChI is InChI=1S/C21H16Cl2F3N3O2/c1-29(19-18(22)12-27-20(23)28-19)15-6-2-13(3-7-15)10-16(30)11-14-4-8-17(9-5-14)31-21(24,25)26/h2-9,12H,10-11H2,1H3. The number of Topliss-reactive ketones (excluding diaryl/α,β-unsaturated/α-hetero) is 1. The van der Waals surface area contributed by atoms with E-state index in [4.69, 9.17) is 23.2 Å². The Bertz CT molecular complexity index is 1060. The molecule has 2 aromatic carbocycles. The molecule has 1 heterocycles. The SMILES string of the molecule is CN(c1ccc(CC(=O)Cc2ccc(OC(F)(F)F)cc2)cc1)c1nc(Cl)ncc1Cl. The van der Waals surface area contributed by atoms with Crippen LogP contribution < -0.4 is 9.64 Å². The van der Waals surface area contributed by atoms with Gasteiger partial charge in [0.25, 0.3) is 0 Å². The first kappa shape index (κ1) is 22.8. The van der Waals surface area contributed by atoms with E-state index in [9.17, 15) is 18.0 Å². The summed E-state index contributed by atoms with van der Waals surface area (Å²) in [5, 5.41) is 0.421. The zero-order valence-electron chi connectivity index (χ0n) is 16.2. The topological polar surface area (TPSA) is 55.3 Å². The fourth-order valence-corrected chi connectivity index (χ4v) is 3.21. The first-order chi connectivity index (χ1) is 14.6. The van der Waals surface area contributed by atoms with E-state index in [0.717, 1.165) is 11.3 Å². The number of hydrogen-bond donors (Lipinski definition) is 0. The summed E-state index contributed by atoms with van der Waals surface area (Å²) < 4.78 is 40.4. The van der Waals surface area contributed by atoms with Gasteiger partial charge in [0.15, 0.2) is 5.82 Å². The van der Waals surface area contributed by atoms with E-state index in [0.29, 0.717) is 16.4 Å². The zero-order valence-corrected chi connectivity index (χ0v) is 17.7. The van der Waals surface area contributed by atoms with Crippen LogP contribution in [0, 0.1) is 0 Å². The number of ether oxygens (including phenoxy) is 1. The molecule has 1 aromatic heterocycles. The molecule has 162 valence electrons. The number of rotatable bonds is 7. The van der Waals surface area contributed by atoms with Crippen LogP contribution in [0.1, 0.15) is 11.1 Å². The number of anilines is 2. The third-order valence-corrected chi connectivity index (χ3v) is 4.75. The summed E-state index contributed by atoms with van der Waals surface area (Å²) in [6, 6.07) is 12.5. The van der Waals surface area contributed by atoms with Gasteiger partial charge in [0.2, 0.25) is 5.28 Å². The lowest BCUT2D eigenvalue weighted by Gasteiger charge is -2.19. The van der Waals surface area contributed by atoms with Crippen molar-refractivity contribution in [2.45, 2.75) is 19.2 Å². The van der Waals surface area contributed by atoms with Crippen LogP contribution in [0.4, 0.5) is 24.7 Å². The summed E-state index contributed by atoms with van der Waals surface area (Å²) in [7, 11) is 1.77. The predicted molar refractivity (Wildman–Crippen MR) is 112 cm³/mol. The maximum absolute atomic E-state index is 12.3. The third kappa shape index (κ3) is 6.57. The summed E-state index contributed by atoms with van der Waals surface area (Å²) >= 11 is 12.0. The molecule has 0 aliphatic carbocycles. The molecule has 0 amide bonds. The van der Waals surface area contributed by atoms with Crippen LogP contribution in [-0.4, -0.2) is 29.2 Å². The van der Waals surface area contributed by atoms with Crippen LogP contribution in [0.5, 0.6) is 5.75 Å². The third-order valence-electron chi connectivity index (χ3n) is 4.30. The Morgan fingerprint density at radius 3 is 2.10 bits per heavy atom. The number of hydrogen-bond acceptors (Lipinski definition) is 5. The molecule has 0 radical (unpaired) electrons. The maximum Gasteiger partial charge on any atom is 0.573 e. The monoisotopic (exact) mass is 469 g/mol. The van der Waals surface area contributed by atoms with Gasteiger partial charge in [-0.25, -0.2) is 4.98 Å². The van der Waals surface area contributed by atoms with Crippen molar-refractivity contribution in [3.63, 3.8) is 0 Å². The quantitative estimate of drug-likeness (QED) is 0.409. The van der Waals surface area contributed by atoms with Gasteiger partial charge in [0, 0.05) is 25.6 Å². The molecule has 0 fully saturated rings. The smallest absolute Gasteiger partial charge is 0.406 e. The number of halogens is 5. The van der Waals surface area contributed by atoms with Crippen LogP contribution in [0.3, 0.4) is 0 Å². The molecule has 0 aliphatic rings. The number of carbonyl (C=O) groups excluding carboxylic acids is 1. The Hall–Kier alpha value is -2.84. The number of aromatic nitrogens is 2. The molecule has 0 aliphatic heterocycles.